The van der Waals surface area contributed by atoms with E-state index in [4.69, 9.17) is 0 Å². The second kappa shape index (κ2) is 12.6. The second-order valence-corrected chi connectivity index (χ2v) is 13.6. The predicted molar refractivity (Wildman–Crippen MR) is 221 cm³/mol. The van der Waals surface area contributed by atoms with Gasteiger partial charge in [-0.3, -0.25) is 0 Å². The number of rotatable bonds is 6. The molecule has 2 heteroatoms. The molecule has 10 rings (SSSR count). The van der Waals surface area contributed by atoms with Gasteiger partial charge in [0.25, 0.3) is 0 Å². The molecule has 1 aromatic heterocycles. The van der Waals surface area contributed by atoms with Gasteiger partial charge in [-0.25, -0.2) is 0 Å². The van der Waals surface area contributed by atoms with Crippen LogP contribution in [0.15, 0.2) is 188 Å². The lowest BCUT2D eigenvalue weighted by Gasteiger charge is -2.26. The number of anilines is 3. The van der Waals surface area contributed by atoms with E-state index in [-0.39, 0.29) is 0 Å². The quantitative estimate of drug-likeness (QED) is 0.172. The first-order valence-corrected chi connectivity index (χ1v) is 18.2. The standard InChI is InChI=1S/C50H36N2/c1-3-18-38(19-4-1)51(40-31-29-36(30-32-40)43-27-14-16-35-15-7-8-23-42(35)43)41-22-13-17-37(33-41)47-34-49-50(45-25-10-9-24-44(45)47)46-26-11-12-28-48(46)52(49)39-20-5-2-6-21-39/h1-7,9-22,24-34H,8,23H2. The van der Waals surface area contributed by atoms with Crippen molar-refractivity contribution in [3.8, 4) is 27.9 Å². The zero-order valence-electron chi connectivity index (χ0n) is 28.8. The van der Waals surface area contributed by atoms with Crippen molar-refractivity contribution >= 4 is 55.7 Å². The number of hydrogen-bond acceptors (Lipinski definition) is 1. The third kappa shape index (κ3) is 5.03. The van der Waals surface area contributed by atoms with Crippen molar-refractivity contribution < 1.29 is 0 Å². The van der Waals surface area contributed by atoms with E-state index in [1.807, 2.05) is 0 Å². The first-order valence-electron chi connectivity index (χ1n) is 18.2. The van der Waals surface area contributed by atoms with Crippen molar-refractivity contribution in [2.45, 2.75) is 12.8 Å². The monoisotopic (exact) mass is 664 g/mol. The summed E-state index contributed by atoms with van der Waals surface area (Å²) in [5, 5.41) is 5.07. The van der Waals surface area contributed by atoms with Gasteiger partial charge in [-0.2, -0.15) is 0 Å². The fourth-order valence-electron chi connectivity index (χ4n) is 8.30. The maximum absolute atomic E-state index is 2.42. The SMILES string of the molecule is C1=Cc2cccc(-c3ccc(N(c4ccccc4)c4cccc(-c5cc6c(c7ccccc57)c5ccccc5n6-c5ccccc5)c4)cc3)c2CC1. The minimum atomic E-state index is 1.08. The Labute approximate surface area is 304 Å². The van der Waals surface area contributed by atoms with Gasteiger partial charge in [0.1, 0.15) is 0 Å². The molecule has 9 aromatic rings. The van der Waals surface area contributed by atoms with Crippen LogP contribution in [0.4, 0.5) is 17.1 Å². The average Bonchev–Trinajstić information content (AvgIpc) is 3.56. The van der Waals surface area contributed by atoms with Gasteiger partial charge in [-0.05, 0) is 118 Å². The lowest BCUT2D eigenvalue weighted by atomic mass is 9.89. The largest absolute Gasteiger partial charge is 0.310 e. The molecule has 1 aliphatic rings. The number of nitrogens with zero attached hydrogens (tertiary/aromatic N) is 2. The molecule has 8 aromatic carbocycles. The molecule has 0 atom stereocenters. The molecule has 2 nitrogen and oxygen atoms in total. The normalized spacial score (nSPS) is 12.4. The van der Waals surface area contributed by atoms with Crippen LogP contribution in [0.3, 0.4) is 0 Å². The summed E-state index contributed by atoms with van der Waals surface area (Å²) in [6.07, 6.45) is 6.73. The molecule has 0 N–H and O–H groups in total. The molecule has 246 valence electrons. The maximum Gasteiger partial charge on any atom is 0.0553 e. The van der Waals surface area contributed by atoms with Gasteiger partial charge in [0.05, 0.1) is 11.0 Å². The number of allylic oxidation sites excluding steroid dienone is 1. The minimum absolute atomic E-state index is 1.08. The minimum Gasteiger partial charge on any atom is -0.310 e. The summed E-state index contributed by atoms with van der Waals surface area (Å²) in [6, 6.07) is 66.4. The topological polar surface area (TPSA) is 8.17 Å². The van der Waals surface area contributed by atoms with E-state index in [1.165, 1.54) is 66.0 Å². The van der Waals surface area contributed by atoms with E-state index in [0.29, 0.717) is 0 Å². The van der Waals surface area contributed by atoms with Crippen LogP contribution in [0.5, 0.6) is 0 Å². The molecule has 0 radical (unpaired) electrons. The molecule has 0 bridgehead atoms. The second-order valence-electron chi connectivity index (χ2n) is 13.6. The van der Waals surface area contributed by atoms with Crippen molar-refractivity contribution in [1.29, 1.82) is 0 Å². The van der Waals surface area contributed by atoms with Crippen molar-refractivity contribution in [3.05, 3.63) is 199 Å². The fourth-order valence-corrected chi connectivity index (χ4v) is 8.30. The Morgan fingerprint density at radius 1 is 0.442 bits per heavy atom. The molecular weight excluding hydrogens is 629 g/mol. The highest BCUT2D eigenvalue weighted by Gasteiger charge is 2.19. The van der Waals surface area contributed by atoms with Crippen LogP contribution in [0.25, 0.3) is 66.6 Å². The third-order valence-electron chi connectivity index (χ3n) is 10.6. The molecule has 0 saturated heterocycles. The zero-order valence-corrected chi connectivity index (χ0v) is 28.8. The van der Waals surface area contributed by atoms with Crippen LogP contribution in [0, 0.1) is 0 Å². The van der Waals surface area contributed by atoms with Crippen molar-refractivity contribution in [3.63, 3.8) is 0 Å². The molecule has 52 heavy (non-hydrogen) atoms. The van der Waals surface area contributed by atoms with Gasteiger partial charge < -0.3 is 9.47 Å². The van der Waals surface area contributed by atoms with E-state index in [9.17, 15) is 0 Å². The molecule has 0 spiro atoms. The maximum atomic E-state index is 2.42. The Kier molecular flexibility index (Phi) is 7.32. The lowest BCUT2D eigenvalue weighted by Crippen LogP contribution is -2.10. The molecular formula is C50H36N2. The molecule has 0 amide bonds. The highest BCUT2D eigenvalue weighted by atomic mass is 15.1. The molecule has 0 saturated carbocycles. The van der Waals surface area contributed by atoms with Crippen LogP contribution in [0.2, 0.25) is 0 Å². The molecule has 1 aliphatic carbocycles. The Bertz CT molecular complexity index is 2770. The summed E-state index contributed by atoms with van der Waals surface area (Å²) in [6.45, 7) is 0. The van der Waals surface area contributed by atoms with Gasteiger partial charge in [-0.15, -0.1) is 0 Å². The van der Waals surface area contributed by atoms with Gasteiger partial charge in [-0.1, -0.05) is 133 Å². The van der Waals surface area contributed by atoms with Crippen LogP contribution < -0.4 is 4.90 Å². The fraction of sp³-hybridized carbons (Fsp3) is 0.0400. The van der Waals surface area contributed by atoms with E-state index in [2.05, 4.69) is 204 Å². The number of fused-ring (bicyclic) bond motifs is 6. The molecule has 0 aliphatic heterocycles. The van der Waals surface area contributed by atoms with E-state index in [0.717, 1.165) is 35.6 Å². The summed E-state index contributed by atoms with van der Waals surface area (Å²) >= 11 is 0. The molecule has 0 fully saturated rings. The summed E-state index contributed by atoms with van der Waals surface area (Å²) in [5.41, 5.74) is 14.7. The first kappa shape index (κ1) is 30.2. The Balaban J connectivity index is 1.14. The van der Waals surface area contributed by atoms with E-state index in [1.54, 1.807) is 0 Å². The number of para-hydroxylation sites is 3. The number of benzene rings is 8. The zero-order chi connectivity index (χ0) is 34.4. The highest BCUT2D eigenvalue weighted by Crippen LogP contribution is 2.43. The van der Waals surface area contributed by atoms with Gasteiger partial charge >= 0.3 is 0 Å². The Morgan fingerprint density at radius 3 is 1.94 bits per heavy atom. The lowest BCUT2D eigenvalue weighted by molar-refractivity contribution is 0.988. The summed E-state index contributed by atoms with van der Waals surface area (Å²) in [7, 11) is 0. The van der Waals surface area contributed by atoms with E-state index < -0.39 is 0 Å². The summed E-state index contributed by atoms with van der Waals surface area (Å²) < 4.78 is 2.42. The van der Waals surface area contributed by atoms with Gasteiger partial charge in [0.2, 0.25) is 0 Å². The van der Waals surface area contributed by atoms with Crippen molar-refractivity contribution in [1.82, 2.24) is 4.57 Å². The highest BCUT2D eigenvalue weighted by molar-refractivity contribution is 6.24. The van der Waals surface area contributed by atoms with Crippen LogP contribution in [0.1, 0.15) is 17.5 Å². The summed E-state index contributed by atoms with van der Waals surface area (Å²) in [5.74, 6) is 0. The van der Waals surface area contributed by atoms with Gasteiger partial charge in [0.15, 0.2) is 0 Å². The third-order valence-corrected chi connectivity index (χ3v) is 10.6. The average molecular weight is 665 g/mol. The van der Waals surface area contributed by atoms with E-state index >= 15 is 0 Å². The van der Waals surface area contributed by atoms with Gasteiger partial charge in [0, 0.05) is 33.5 Å². The Morgan fingerprint density at radius 2 is 1.12 bits per heavy atom. The predicted octanol–water partition coefficient (Wildman–Crippen LogP) is 13.7. The molecule has 0 unspecified atom stereocenters. The number of aromatic nitrogens is 1. The van der Waals surface area contributed by atoms with Crippen LogP contribution in [-0.2, 0) is 6.42 Å². The first-order chi connectivity index (χ1) is 25.8. The number of hydrogen-bond donors (Lipinski definition) is 0. The van der Waals surface area contributed by atoms with Crippen LogP contribution in [-0.4, -0.2) is 4.57 Å². The van der Waals surface area contributed by atoms with Crippen molar-refractivity contribution in [2.75, 3.05) is 4.90 Å². The smallest absolute Gasteiger partial charge is 0.0553 e. The molecule has 1 heterocycles. The Hall–Kier alpha value is -6.64. The van der Waals surface area contributed by atoms with Crippen LogP contribution >= 0.6 is 0 Å². The summed E-state index contributed by atoms with van der Waals surface area (Å²) in [4.78, 5) is 2.37. The van der Waals surface area contributed by atoms with Crippen molar-refractivity contribution in [2.24, 2.45) is 0 Å².